The van der Waals surface area contributed by atoms with Crippen LogP contribution in [0.2, 0.25) is 0 Å². The zero-order chi connectivity index (χ0) is 28.0. The number of hydrogen-bond donors (Lipinski definition) is 4. The van der Waals surface area contributed by atoms with Crippen LogP contribution in [0.1, 0.15) is 69.2 Å². The number of aliphatic hydroxyl groups is 2. The molecule has 0 aliphatic carbocycles. The first kappa shape index (κ1) is 29.1. The van der Waals surface area contributed by atoms with Gasteiger partial charge in [0.25, 0.3) is 5.91 Å². The lowest BCUT2D eigenvalue weighted by Crippen LogP contribution is -2.32. The number of nitrogens with one attached hydrogen (secondary N) is 1. The number of carbonyl (C=O) groups excluding carboxylic acids is 1. The zero-order valence-electron chi connectivity index (χ0n) is 22.3. The Kier molecular flexibility index (Phi) is 9.83. The number of carboxylic acid groups (broad SMARTS) is 1. The molecule has 0 aliphatic heterocycles. The number of aliphatic carboxylic acids is 1. The van der Waals surface area contributed by atoms with Crippen molar-refractivity contribution < 1.29 is 29.3 Å². The molecule has 4 N–H and O–H groups in total. The topological polar surface area (TPSA) is 112 Å². The zero-order valence-corrected chi connectivity index (χ0v) is 22.3. The SMILES string of the molecule is CC(C)NC(=O)c1c(-c2ccccc2)c(-c2ccc(F)cc2)c(CC[C@@H](O)C[C@@H](O)CC(=O)O)n1C(C)C. The average molecular weight is 525 g/mol. The van der Waals surface area contributed by atoms with Gasteiger partial charge in [0.1, 0.15) is 11.5 Å². The normalized spacial score (nSPS) is 13.1. The summed E-state index contributed by atoms with van der Waals surface area (Å²) in [6.45, 7) is 7.74. The molecule has 1 aromatic heterocycles. The molecular weight excluding hydrogens is 487 g/mol. The summed E-state index contributed by atoms with van der Waals surface area (Å²) >= 11 is 0. The van der Waals surface area contributed by atoms with Gasteiger partial charge in [-0.3, -0.25) is 9.59 Å². The standard InChI is InChI=1S/C30H37FN2O5/c1-18(2)32-30(38)29-28(20-8-6-5-7-9-20)27(21-10-12-22(31)13-11-21)25(33(29)19(3)4)15-14-23(34)16-24(35)17-26(36)37/h5-13,18-19,23-24,34-35H,14-17H2,1-4H3,(H,32,38)(H,36,37)/t23-,24-/m1/s1. The number of hydrogen-bond acceptors (Lipinski definition) is 4. The van der Waals surface area contributed by atoms with Gasteiger partial charge in [0.05, 0.1) is 18.6 Å². The van der Waals surface area contributed by atoms with E-state index in [1.807, 2.05) is 62.6 Å². The van der Waals surface area contributed by atoms with E-state index < -0.39 is 24.6 Å². The number of nitrogens with zero attached hydrogens (tertiary/aromatic N) is 1. The van der Waals surface area contributed by atoms with Crippen LogP contribution >= 0.6 is 0 Å². The number of benzene rings is 2. The minimum atomic E-state index is -1.16. The van der Waals surface area contributed by atoms with E-state index in [2.05, 4.69) is 5.32 Å². The second-order valence-electron chi connectivity index (χ2n) is 10.2. The van der Waals surface area contributed by atoms with Crippen molar-refractivity contribution >= 4 is 11.9 Å². The number of aliphatic hydroxyl groups excluding tert-OH is 2. The highest BCUT2D eigenvalue weighted by molar-refractivity contribution is 6.05. The quantitative estimate of drug-likeness (QED) is 0.260. The van der Waals surface area contributed by atoms with Gasteiger partial charge in [-0.25, -0.2) is 4.39 Å². The van der Waals surface area contributed by atoms with Crippen LogP contribution in [0.5, 0.6) is 0 Å². The van der Waals surface area contributed by atoms with Crippen LogP contribution in [-0.2, 0) is 11.2 Å². The smallest absolute Gasteiger partial charge is 0.305 e. The Morgan fingerprint density at radius 1 is 0.895 bits per heavy atom. The first-order chi connectivity index (χ1) is 18.0. The van der Waals surface area contributed by atoms with Gasteiger partial charge >= 0.3 is 5.97 Å². The van der Waals surface area contributed by atoms with Crippen LogP contribution in [0.3, 0.4) is 0 Å². The molecule has 1 amide bonds. The Bertz CT molecular complexity index is 1240. The molecule has 2 aromatic carbocycles. The molecule has 0 bridgehead atoms. The summed E-state index contributed by atoms with van der Waals surface area (Å²) in [6.07, 6.45) is -2.05. The molecule has 8 heteroatoms. The predicted octanol–water partition coefficient (Wildman–Crippen LogP) is 5.20. The molecule has 0 fully saturated rings. The molecule has 3 rings (SSSR count). The lowest BCUT2D eigenvalue weighted by molar-refractivity contribution is -0.139. The first-order valence-electron chi connectivity index (χ1n) is 13.0. The lowest BCUT2D eigenvalue weighted by Gasteiger charge is -2.20. The Labute approximate surface area is 222 Å². The molecule has 2 atom stereocenters. The summed E-state index contributed by atoms with van der Waals surface area (Å²) in [6, 6.07) is 15.5. The van der Waals surface area contributed by atoms with Crippen molar-refractivity contribution in [1.82, 2.24) is 9.88 Å². The van der Waals surface area contributed by atoms with E-state index in [0.717, 1.165) is 27.9 Å². The van der Waals surface area contributed by atoms with Gasteiger partial charge < -0.3 is 25.2 Å². The Hall–Kier alpha value is -3.49. The van der Waals surface area contributed by atoms with Crippen LogP contribution in [0.4, 0.5) is 4.39 Å². The highest BCUT2D eigenvalue weighted by atomic mass is 19.1. The van der Waals surface area contributed by atoms with E-state index in [-0.39, 0.29) is 36.6 Å². The molecular formula is C30H37FN2O5. The minimum Gasteiger partial charge on any atom is -0.481 e. The van der Waals surface area contributed by atoms with Crippen molar-refractivity contribution in [3.8, 4) is 22.3 Å². The first-order valence-corrected chi connectivity index (χ1v) is 13.0. The molecule has 7 nitrogen and oxygen atoms in total. The van der Waals surface area contributed by atoms with Crippen LogP contribution < -0.4 is 5.32 Å². The van der Waals surface area contributed by atoms with Crippen molar-refractivity contribution in [2.45, 2.75) is 77.7 Å². The summed E-state index contributed by atoms with van der Waals surface area (Å²) in [5, 5.41) is 32.6. The number of carboxylic acids is 1. The average Bonchev–Trinajstić information content (AvgIpc) is 3.18. The van der Waals surface area contributed by atoms with Gasteiger partial charge in [0, 0.05) is 28.9 Å². The third-order valence-electron chi connectivity index (χ3n) is 6.32. The largest absolute Gasteiger partial charge is 0.481 e. The maximum Gasteiger partial charge on any atom is 0.305 e. The molecule has 1 heterocycles. The maximum absolute atomic E-state index is 13.9. The second-order valence-corrected chi connectivity index (χ2v) is 10.2. The van der Waals surface area contributed by atoms with Gasteiger partial charge in [-0.05, 0) is 70.2 Å². The molecule has 3 aromatic rings. The number of amides is 1. The van der Waals surface area contributed by atoms with Gasteiger partial charge in [0.2, 0.25) is 0 Å². The summed E-state index contributed by atoms with van der Waals surface area (Å²) in [7, 11) is 0. The Balaban J connectivity index is 2.22. The monoisotopic (exact) mass is 524 g/mol. The molecule has 0 unspecified atom stereocenters. The second kappa shape index (κ2) is 12.8. The van der Waals surface area contributed by atoms with Crippen LogP contribution in [0.25, 0.3) is 22.3 Å². The summed E-state index contributed by atoms with van der Waals surface area (Å²) in [5.74, 6) is -1.75. The van der Waals surface area contributed by atoms with Crippen LogP contribution in [0.15, 0.2) is 54.6 Å². The molecule has 0 spiro atoms. The van der Waals surface area contributed by atoms with Gasteiger partial charge in [-0.15, -0.1) is 0 Å². The summed E-state index contributed by atoms with van der Waals surface area (Å²) in [5.41, 5.74) is 4.34. The molecule has 0 aliphatic rings. The number of aromatic nitrogens is 1. The summed E-state index contributed by atoms with van der Waals surface area (Å²) in [4.78, 5) is 24.6. The van der Waals surface area contributed by atoms with Crippen LogP contribution in [-0.4, -0.2) is 50.0 Å². The van der Waals surface area contributed by atoms with E-state index in [1.165, 1.54) is 12.1 Å². The molecule has 0 saturated heterocycles. The van der Waals surface area contributed by atoms with E-state index in [4.69, 9.17) is 5.11 Å². The fraction of sp³-hybridized carbons (Fsp3) is 0.400. The van der Waals surface area contributed by atoms with Crippen molar-refractivity contribution in [2.24, 2.45) is 0 Å². The molecule has 0 radical (unpaired) electrons. The summed E-state index contributed by atoms with van der Waals surface area (Å²) < 4.78 is 15.9. The van der Waals surface area contributed by atoms with Gasteiger partial charge in [0.15, 0.2) is 0 Å². The number of rotatable bonds is 12. The third kappa shape index (κ3) is 7.08. The van der Waals surface area contributed by atoms with Gasteiger partial charge in [-0.2, -0.15) is 0 Å². The van der Waals surface area contributed by atoms with Crippen molar-refractivity contribution in [1.29, 1.82) is 0 Å². The van der Waals surface area contributed by atoms with Crippen molar-refractivity contribution in [2.75, 3.05) is 0 Å². The van der Waals surface area contributed by atoms with Crippen LogP contribution in [0, 0.1) is 5.82 Å². The van der Waals surface area contributed by atoms with E-state index in [9.17, 15) is 24.2 Å². The molecule has 204 valence electrons. The van der Waals surface area contributed by atoms with E-state index >= 15 is 0 Å². The third-order valence-corrected chi connectivity index (χ3v) is 6.32. The van der Waals surface area contributed by atoms with E-state index in [0.29, 0.717) is 12.1 Å². The minimum absolute atomic E-state index is 0.0766. The van der Waals surface area contributed by atoms with Crippen molar-refractivity contribution in [3.05, 3.63) is 71.8 Å². The fourth-order valence-electron chi connectivity index (χ4n) is 4.84. The Morgan fingerprint density at radius 2 is 1.50 bits per heavy atom. The molecule has 38 heavy (non-hydrogen) atoms. The lowest BCUT2D eigenvalue weighted by atomic mass is 9.92. The number of carbonyl (C=O) groups is 2. The number of halogens is 1. The maximum atomic E-state index is 13.9. The van der Waals surface area contributed by atoms with Gasteiger partial charge in [-0.1, -0.05) is 42.5 Å². The predicted molar refractivity (Wildman–Crippen MR) is 145 cm³/mol. The fourth-order valence-corrected chi connectivity index (χ4v) is 4.84. The highest BCUT2D eigenvalue weighted by Gasteiger charge is 2.30. The highest BCUT2D eigenvalue weighted by Crippen LogP contribution is 2.42. The van der Waals surface area contributed by atoms with Crippen molar-refractivity contribution in [3.63, 3.8) is 0 Å². The molecule has 0 saturated carbocycles. The Morgan fingerprint density at radius 3 is 2.05 bits per heavy atom. The van der Waals surface area contributed by atoms with E-state index in [1.54, 1.807) is 12.1 Å².